The van der Waals surface area contributed by atoms with Gasteiger partial charge in [-0.2, -0.15) is 0 Å². The molecule has 0 N–H and O–H groups in total. The van der Waals surface area contributed by atoms with Gasteiger partial charge in [0.05, 0.1) is 18.2 Å². The van der Waals surface area contributed by atoms with Crippen LogP contribution in [0.15, 0.2) is 47.1 Å². The molecule has 0 radical (unpaired) electrons. The maximum atomic E-state index is 12.2. The van der Waals surface area contributed by atoms with E-state index in [4.69, 9.17) is 25.8 Å². The first-order valence-corrected chi connectivity index (χ1v) is 9.08. The number of aryl methyl sites for hydroxylation is 1. The first-order chi connectivity index (χ1) is 13.0. The minimum atomic E-state index is -0.506. The third-order valence-electron chi connectivity index (χ3n) is 3.84. The van der Waals surface area contributed by atoms with Gasteiger partial charge >= 0.3 is 5.97 Å². The van der Waals surface area contributed by atoms with Crippen LogP contribution in [0.25, 0.3) is 6.08 Å². The molecule has 2 aromatic rings. The minimum absolute atomic E-state index is 0.202. The Balaban J connectivity index is 1.95. The van der Waals surface area contributed by atoms with E-state index < -0.39 is 5.97 Å². The molecular formula is C21H20ClNO4. The van der Waals surface area contributed by atoms with Crippen molar-refractivity contribution in [2.75, 3.05) is 13.2 Å². The van der Waals surface area contributed by atoms with Crippen molar-refractivity contribution in [3.8, 4) is 11.5 Å². The number of halogens is 1. The fourth-order valence-corrected chi connectivity index (χ4v) is 2.88. The molecule has 27 heavy (non-hydrogen) atoms. The second kappa shape index (κ2) is 8.27. The van der Waals surface area contributed by atoms with Gasteiger partial charge in [-0.3, -0.25) is 0 Å². The van der Waals surface area contributed by atoms with Gasteiger partial charge in [0.2, 0.25) is 5.90 Å². The molecule has 0 aromatic heterocycles. The summed E-state index contributed by atoms with van der Waals surface area (Å²) in [6, 6.07) is 11.1. The van der Waals surface area contributed by atoms with Crippen LogP contribution in [0.5, 0.6) is 11.5 Å². The summed E-state index contributed by atoms with van der Waals surface area (Å²) < 4.78 is 16.5. The van der Waals surface area contributed by atoms with Crippen molar-refractivity contribution in [1.82, 2.24) is 0 Å². The number of ether oxygens (including phenoxy) is 3. The molecule has 2 aromatic carbocycles. The highest BCUT2D eigenvalue weighted by molar-refractivity contribution is 6.32. The lowest BCUT2D eigenvalue weighted by atomic mass is 10.1. The lowest BCUT2D eigenvalue weighted by Crippen LogP contribution is -2.05. The Bertz CT molecular complexity index is 917. The standard InChI is InChI=1S/C21H20ClNO4/c1-4-25-18-12-14(10-16(22)19(18)26-5-2)11-17-21(24)27-20(23-17)15-8-6-13(3)7-9-15/h6-12H,4-5H2,1-3H3/b17-11-. The Hall–Kier alpha value is -2.79. The van der Waals surface area contributed by atoms with Crippen LogP contribution >= 0.6 is 11.6 Å². The molecule has 0 atom stereocenters. The molecule has 0 saturated carbocycles. The molecule has 1 heterocycles. The van der Waals surface area contributed by atoms with Gasteiger partial charge in [-0.05, 0) is 56.7 Å². The van der Waals surface area contributed by atoms with E-state index in [1.54, 1.807) is 18.2 Å². The summed E-state index contributed by atoms with van der Waals surface area (Å²) in [6.07, 6.45) is 1.62. The summed E-state index contributed by atoms with van der Waals surface area (Å²) >= 11 is 6.32. The normalized spacial score (nSPS) is 14.9. The number of aliphatic imine (C=N–C) groups is 1. The van der Waals surface area contributed by atoms with E-state index in [2.05, 4.69) is 4.99 Å². The first kappa shape index (κ1) is 19.0. The highest BCUT2D eigenvalue weighted by Gasteiger charge is 2.24. The average Bonchev–Trinajstić information content (AvgIpc) is 2.99. The molecule has 0 fully saturated rings. The highest BCUT2D eigenvalue weighted by atomic mass is 35.5. The Labute approximate surface area is 163 Å². The molecule has 0 aliphatic carbocycles. The summed E-state index contributed by atoms with van der Waals surface area (Å²) in [5.41, 5.74) is 2.74. The number of carbonyl (C=O) groups is 1. The smallest absolute Gasteiger partial charge is 0.363 e. The summed E-state index contributed by atoms with van der Waals surface area (Å²) in [4.78, 5) is 16.5. The summed E-state index contributed by atoms with van der Waals surface area (Å²) in [5.74, 6) is 0.788. The molecule has 0 unspecified atom stereocenters. The Morgan fingerprint density at radius 3 is 2.48 bits per heavy atom. The van der Waals surface area contributed by atoms with E-state index in [-0.39, 0.29) is 11.6 Å². The van der Waals surface area contributed by atoms with Crippen LogP contribution in [0.1, 0.15) is 30.5 Å². The SMILES string of the molecule is CCOc1cc(/C=C2\N=C(c3ccc(C)cc3)OC2=O)cc(Cl)c1OCC. The van der Waals surface area contributed by atoms with Crippen molar-refractivity contribution in [3.63, 3.8) is 0 Å². The molecule has 1 aliphatic rings. The predicted molar refractivity (Wildman–Crippen MR) is 106 cm³/mol. The third kappa shape index (κ3) is 4.31. The van der Waals surface area contributed by atoms with Crippen molar-refractivity contribution in [3.05, 3.63) is 63.8 Å². The zero-order chi connectivity index (χ0) is 19.4. The average molecular weight is 386 g/mol. The van der Waals surface area contributed by atoms with Crippen LogP contribution in [-0.2, 0) is 9.53 Å². The minimum Gasteiger partial charge on any atom is -0.490 e. The molecule has 0 saturated heterocycles. The summed E-state index contributed by atoms with van der Waals surface area (Å²) in [6.45, 7) is 6.67. The van der Waals surface area contributed by atoms with Gasteiger partial charge in [-0.25, -0.2) is 9.79 Å². The molecule has 0 bridgehead atoms. The van der Waals surface area contributed by atoms with Crippen LogP contribution in [0.2, 0.25) is 5.02 Å². The molecule has 140 valence electrons. The van der Waals surface area contributed by atoms with Gasteiger partial charge in [-0.15, -0.1) is 0 Å². The van der Waals surface area contributed by atoms with E-state index in [1.807, 2.05) is 45.0 Å². The second-order valence-electron chi connectivity index (χ2n) is 5.90. The molecule has 6 heteroatoms. The largest absolute Gasteiger partial charge is 0.490 e. The maximum absolute atomic E-state index is 12.2. The summed E-state index contributed by atoms with van der Waals surface area (Å²) in [5, 5.41) is 0.406. The van der Waals surface area contributed by atoms with Crippen LogP contribution in [-0.4, -0.2) is 25.1 Å². The number of rotatable bonds is 6. The van der Waals surface area contributed by atoms with Crippen LogP contribution in [0.4, 0.5) is 0 Å². The maximum Gasteiger partial charge on any atom is 0.363 e. The Morgan fingerprint density at radius 1 is 1.11 bits per heavy atom. The van der Waals surface area contributed by atoms with Gasteiger partial charge in [0.1, 0.15) is 0 Å². The van der Waals surface area contributed by atoms with Crippen molar-refractivity contribution in [2.45, 2.75) is 20.8 Å². The van der Waals surface area contributed by atoms with Gasteiger partial charge in [0.25, 0.3) is 0 Å². The number of nitrogens with zero attached hydrogens (tertiary/aromatic N) is 1. The van der Waals surface area contributed by atoms with E-state index in [0.29, 0.717) is 35.3 Å². The zero-order valence-corrected chi connectivity index (χ0v) is 16.2. The second-order valence-corrected chi connectivity index (χ2v) is 6.31. The Morgan fingerprint density at radius 2 is 1.81 bits per heavy atom. The molecule has 0 spiro atoms. The van der Waals surface area contributed by atoms with Crippen molar-refractivity contribution in [1.29, 1.82) is 0 Å². The lowest BCUT2D eigenvalue weighted by molar-refractivity contribution is -0.129. The third-order valence-corrected chi connectivity index (χ3v) is 4.12. The van der Waals surface area contributed by atoms with Crippen molar-refractivity contribution in [2.24, 2.45) is 4.99 Å². The van der Waals surface area contributed by atoms with Crippen molar-refractivity contribution < 1.29 is 19.0 Å². The molecule has 5 nitrogen and oxygen atoms in total. The number of esters is 1. The van der Waals surface area contributed by atoms with E-state index in [1.165, 1.54) is 0 Å². The first-order valence-electron chi connectivity index (χ1n) is 8.70. The van der Waals surface area contributed by atoms with Gasteiger partial charge in [-0.1, -0.05) is 29.3 Å². The highest BCUT2D eigenvalue weighted by Crippen LogP contribution is 2.37. The molecule has 3 rings (SSSR count). The fourth-order valence-electron chi connectivity index (χ4n) is 2.61. The molecular weight excluding hydrogens is 366 g/mol. The Kier molecular flexibility index (Phi) is 5.81. The molecule has 1 aliphatic heterocycles. The summed E-state index contributed by atoms with van der Waals surface area (Å²) in [7, 11) is 0. The predicted octanol–water partition coefficient (Wildman–Crippen LogP) is 4.79. The van der Waals surface area contributed by atoms with Crippen molar-refractivity contribution >= 4 is 29.5 Å². The van der Waals surface area contributed by atoms with Crippen LogP contribution in [0.3, 0.4) is 0 Å². The zero-order valence-electron chi connectivity index (χ0n) is 15.4. The van der Waals surface area contributed by atoms with E-state index in [9.17, 15) is 4.79 Å². The lowest BCUT2D eigenvalue weighted by Gasteiger charge is -2.13. The fraction of sp³-hybridized carbons (Fsp3) is 0.238. The van der Waals surface area contributed by atoms with Gasteiger partial charge in [0, 0.05) is 5.56 Å². The van der Waals surface area contributed by atoms with Crippen LogP contribution in [0, 0.1) is 6.92 Å². The number of cyclic esters (lactones) is 1. The van der Waals surface area contributed by atoms with Gasteiger partial charge < -0.3 is 14.2 Å². The van der Waals surface area contributed by atoms with Crippen LogP contribution < -0.4 is 9.47 Å². The number of carbonyl (C=O) groups excluding carboxylic acids is 1. The van der Waals surface area contributed by atoms with E-state index in [0.717, 1.165) is 11.1 Å². The van der Waals surface area contributed by atoms with E-state index >= 15 is 0 Å². The van der Waals surface area contributed by atoms with Gasteiger partial charge in [0.15, 0.2) is 17.2 Å². The number of benzene rings is 2. The number of hydrogen-bond acceptors (Lipinski definition) is 5. The molecule has 0 amide bonds. The number of hydrogen-bond donors (Lipinski definition) is 0. The topological polar surface area (TPSA) is 57.1 Å². The monoisotopic (exact) mass is 385 g/mol. The quantitative estimate of drug-likeness (QED) is 0.530.